The summed E-state index contributed by atoms with van der Waals surface area (Å²) in [5.74, 6) is -0.0167. The van der Waals surface area contributed by atoms with Crippen molar-refractivity contribution in [3.05, 3.63) is 47.1 Å². The fourth-order valence-corrected chi connectivity index (χ4v) is 2.54. The lowest BCUT2D eigenvalue weighted by Crippen LogP contribution is -2.13. The standard InChI is InChI=1S/C15H18N2O2S/c1-3-19-15(18)13-14(20-10-17-13)16-9-11(2)12-7-5-4-6-8-12/h4-8,10-11,16H,3,9H2,1-2H3. The van der Waals surface area contributed by atoms with Gasteiger partial charge in [-0.3, -0.25) is 0 Å². The Labute approximate surface area is 122 Å². The van der Waals surface area contributed by atoms with Crippen LogP contribution in [-0.2, 0) is 4.74 Å². The van der Waals surface area contributed by atoms with Crippen molar-refractivity contribution in [3.63, 3.8) is 0 Å². The first-order valence-electron chi connectivity index (χ1n) is 6.61. The summed E-state index contributed by atoms with van der Waals surface area (Å²) < 4.78 is 4.98. The second-order valence-corrected chi connectivity index (χ2v) is 5.30. The van der Waals surface area contributed by atoms with Crippen LogP contribution in [0.4, 0.5) is 5.00 Å². The zero-order chi connectivity index (χ0) is 14.4. The highest BCUT2D eigenvalue weighted by molar-refractivity contribution is 7.14. The van der Waals surface area contributed by atoms with Gasteiger partial charge in [0.15, 0.2) is 5.69 Å². The summed E-state index contributed by atoms with van der Waals surface area (Å²) in [6.45, 7) is 5.04. The van der Waals surface area contributed by atoms with Gasteiger partial charge in [-0.05, 0) is 18.4 Å². The number of benzene rings is 1. The smallest absolute Gasteiger partial charge is 0.360 e. The molecule has 4 nitrogen and oxygen atoms in total. The van der Waals surface area contributed by atoms with Crippen LogP contribution in [0.1, 0.15) is 35.8 Å². The Morgan fingerprint density at radius 1 is 1.40 bits per heavy atom. The molecule has 2 rings (SSSR count). The number of esters is 1. The van der Waals surface area contributed by atoms with Crippen LogP contribution in [0.25, 0.3) is 0 Å². The van der Waals surface area contributed by atoms with Crippen molar-refractivity contribution in [1.82, 2.24) is 4.98 Å². The number of hydrogen-bond acceptors (Lipinski definition) is 5. The number of aromatic nitrogens is 1. The number of hydrogen-bond donors (Lipinski definition) is 1. The van der Waals surface area contributed by atoms with Crippen LogP contribution >= 0.6 is 11.3 Å². The number of nitrogens with zero attached hydrogens (tertiary/aromatic N) is 1. The lowest BCUT2D eigenvalue weighted by atomic mass is 10.0. The molecule has 1 heterocycles. The summed E-state index contributed by atoms with van der Waals surface area (Å²) in [6.07, 6.45) is 0. The van der Waals surface area contributed by atoms with Crippen molar-refractivity contribution in [3.8, 4) is 0 Å². The summed E-state index contributed by atoms with van der Waals surface area (Å²) >= 11 is 1.42. The third kappa shape index (κ3) is 3.57. The quantitative estimate of drug-likeness (QED) is 0.827. The molecule has 5 heteroatoms. The van der Waals surface area contributed by atoms with E-state index >= 15 is 0 Å². The summed E-state index contributed by atoms with van der Waals surface area (Å²) in [5.41, 5.74) is 3.29. The van der Waals surface area contributed by atoms with E-state index in [1.807, 2.05) is 18.2 Å². The third-order valence-corrected chi connectivity index (χ3v) is 3.76. The van der Waals surface area contributed by atoms with Crippen molar-refractivity contribution in [2.24, 2.45) is 0 Å². The van der Waals surface area contributed by atoms with E-state index in [9.17, 15) is 4.79 Å². The Hall–Kier alpha value is -1.88. The van der Waals surface area contributed by atoms with Crippen molar-refractivity contribution >= 4 is 22.3 Å². The van der Waals surface area contributed by atoms with E-state index in [1.165, 1.54) is 16.9 Å². The zero-order valence-electron chi connectivity index (χ0n) is 11.6. The summed E-state index contributed by atoms with van der Waals surface area (Å²) in [4.78, 5) is 15.8. The molecule has 20 heavy (non-hydrogen) atoms. The first-order valence-corrected chi connectivity index (χ1v) is 7.49. The molecule has 0 radical (unpaired) electrons. The maximum Gasteiger partial charge on any atom is 0.360 e. The lowest BCUT2D eigenvalue weighted by Gasteiger charge is -2.13. The summed E-state index contributed by atoms with van der Waals surface area (Å²) in [5, 5.41) is 4.06. The van der Waals surface area contributed by atoms with Crippen LogP contribution in [0, 0.1) is 0 Å². The zero-order valence-corrected chi connectivity index (χ0v) is 12.4. The summed E-state index contributed by atoms with van der Waals surface area (Å²) in [7, 11) is 0. The van der Waals surface area contributed by atoms with Crippen LogP contribution in [-0.4, -0.2) is 24.1 Å². The predicted octanol–water partition coefficient (Wildman–Crippen LogP) is 3.54. The number of ether oxygens (including phenoxy) is 1. The van der Waals surface area contributed by atoms with Gasteiger partial charge >= 0.3 is 5.97 Å². The highest BCUT2D eigenvalue weighted by Crippen LogP contribution is 2.23. The van der Waals surface area contributed by atoms with Gasteiger partial charge < -0.3 is 10.1 Å². The van der Waals surface area contributed by atoms with Gasteiger partial charge in [-0.2, -0.15) is 0 Å². The van der Waals surface area contributed by atoms with Crippen molar-refractivity contribution in [1.29, 1.82) is 0 Å². The monoisotopic (exact) mass is 290 g/mol. The molecule has 0 bridgehead atoms. The van der Waals surface area contributed by atoms with Gasteiger partial charge in [-0.1, -0.05) is 37.3 Å². The van der Waals surface area contributed by atoms with Crippen molar-refractivity contribution < 1.29 is 9.53 Å². The highest BCUT2D eigenvalue weighted by atomic mass is 32.1. The van der Waals surface area contributed by atoms with Gasteiger partial charge in [-0.25, -0.2) is 9.78 Å². The van der Waals surface area contributed by atoms with E-state index in [-0.39, 0.29) is 5.97 Å². The van der Waals surface area contributed by atoms with E-state index in [0.29, 0.717) is 18.2 Å². The molecule has 0 aliphatic rings. The highest BCUT2D eigenvalue weighted by Gasteiger charge is 2.16. The first-order chi connectivity index (χ1) is 9.72. The minimum atomic E-state index is -0.372. The van der Waals surface area contributed by atoms with Crippen LogP contribution in [0.15, 0.2) is 35.8 Å². The second-order valence-electron chi connectivity index (χ2n) is 4.44. The van der Waals surface area contributed by atoms with Crippen LogP contribution in [0.3, 0.4) is 0 Å². The average molecular weight is 290 g/mol. The molecular formula is C15H18N2O2S. The van der Waals surface area contributed by atoms with Gasteiger partial charge in [-0.15, -0.1) is 11.3 Å². The number of thiazole rings is 1. The Balaban J connectivity index is 1.98. The molecule has 1 aromatic carbocycles. The second kappa shape index (κ2) is 7.05. The number of carbonyl (C=O) groups is 1. The van der Waals surface area contributed by atoms with Crippen molar-refractivity contribution in [2.75, 3.05) is 18.5 Å². The number of carbonyl (C=O) groups excluding carboxylic acids is 1. The Morgan fingerprint density at radius 2 is 2.15 bits per heavy atom. The molecule has 1 N–H and O–H groups in total. The molecule has 106 valence electrons. The van der Waals surface area contributed by atoms with Gasteiger partial charge in [0.1, 0.15) is 5.00 Å². The fraction of sp³-hybridized carbons (Fsp3) is 0.333. The third-order valence-electron chi connectivity index (χ3n) is 2.97. The Bertz CT molecular complexity index is 554. The molecule has 0 aliphatic carbocycles. The van der Waals surface area contributed by atoms with Gasteiger partial charge in [0, 0.05) is 6.54 Å². The molecular weight excluding hydrogens is 272 g/mol. The van der Waals surface area contributed by atoms with E-state index in [0.717, 1.165) is 11.5 Å². The molecule has 0 fully saturated rings. The SMILES string of the molecule is CCOC(=O)c1ncsc1NCC(C)c1ccccc1. The lowest BCUT2D eigenvalue weighted by molar-refractivity contribution is 0.0521. The van der Waals surface area contributed by atoms with E-state index in [2.05, 4.69) is 29.4 Å². The topological polar surface area (TPSA) is 51.2 Å². The average Bonchev–Trinajstić information content (AvgIpc) is 2.94. The molecule has 1 unspecified atom stereocenters. The van der Waals surface area contributed by atoms with Crippen LogP contribution in [0.2, 0.25) is 0 Å². The first kappa shape index (κ1) is 14.5. The fourth-order valence-electron chi connectivity index (χ4n) is 1.86. The molecule has 0 amide bonds. The van der Waals surface area contributed by atoms with Crippen LogP contribution in [0.5, 0.6) is 0 Å². The minimum absolute atomic E-state index is 0.355. The van der Waals surface area contributed by atoms with Gasteiger partial charge in [0.2, 0.25) is 0 Å². The predicted molar refractivity (Wildman–Crippen MR) is 81.4 cm³/mol. The van der Waals surface area contributed by atoms with E-state index in [4.69, 9.17) is 4.74 Å². The largest absolute Gasteiger partial charge is 0.461 e. The molecule has 1 aromatic heterocycles. The molecule has 0 saturated carbocycles. The van der Waals surface area contributed by atoms with Gasteiger partial charge in [0.25, 0.3) is 0 Å². The van der Waals surface area contributed by atoms with Crippen LogP contribution < -0.4 is 5.32 Å². The number of nitrogens with one attached hydrogen (secondary N) is 1. The molecule has 0 spiro atoms. The molecule has 1 atom stereocenters. The minimum Gasteiger partial charge on any atom is -0.461 e. The maximum absolute atomic E-state index is 11.7. The molecule has 0 aliphatic heterocycles. The van der Waals surface area contributed by atoms with Crippen molar-refractivity contribution in [2.45, 2.75) is 19.8 Å². The Morgan fingerprint density at radius 3 is 2.85 bits per heavy atom. The van der Waals surface area contributed by atoms with E-state index in [1.54, 1.807) is 12.4 Å². The molecule has 0 saturated heterocycles. The Kier molecular flexibility index (Phi) is 5.12. The van der Waals surface area contributed by atoms with Gasteiger partial charge in [0.05, 0.1) is 12.1 Å². The number of rotatable bonds is 6. The van der Waals surface area contributed by atoms with E-state index < -0.39 is 0 Å². The number of anilines is 1. The normalized spacial score (nSPS) is 11.9. The molecule has 2 aromatic rings. The summed E-state index contributed by atoms with van der Waals surface area (Å²) in [6, 6.07) is 10.3. The maximum atomic E-state index is 11.7.